The lowest BCUT2D eigenvalue weighted by Gasteiger charge is -2.27. The first kappa shape index (κ1) is 23.5. The van der Waals surface area contributed by atoms with E-state index in [1.54, 1.807) is 19.5 Å². The third kappa shape index (κ3) is 4.93. The number of amides is 1. The lowest BCUT2D eigenvalue weighted by molar-refractivity contribution is 0.0940. The van der Waals surface area contributed by atoms with Gasteiger partial charge in [-0.05, 0) is 57.7 Å². The monoisotopic (exact) mass is 474 g/mol. The number of aryl methyl sites for hydroxylation is 1. The summed E-state index contributed by atoms with van der Waals surface area (Å²) in [7, 11) is 1.59. The van der Waals surface area contributed by atoms with Crippen LogP contribution in [0.1, 0.15) is 72.4 Å². The van der Waals surface area contributed by atoms with Gasteiger partial charge in [0.05, 0.1) is 35.6 Å². The van der Waals surface area contributed by atoms with E-state index >= 15 is 0 Å². The molecular weight excluding hydrogens is 440 g/mol. The van der Waals surface area contributed by atoms with Crippen molar-refractivity contribution in [2.24, 2.45) is 0 Å². The highest BCUT2D eigenvalue weighted by Crippen LogP contribution is 2.43. The van der Waals surface area contributed by atoms with Gasteiger partial charge in [-0.25, -0.2) is 4.98 Å². The van der Waals surface area contributed by atoms with Crippen LogP contribution in [0.4, 0.5) is 5.69 Å². The molecule has 1 amide bonds. The molecule has 2 N–H and O–H groups in total. The molecule has 5 rings (SSSR count). The second kappa shape index (κ2) is 9.77. The number of carbonyl (C=O) groups is 1. The van der Waals surface area contributed by atoms with Crippen LogP contribution in [0.5, 0.6) is 5.88 Å². The number of nitrogens with zero attached hydrogens (tertiary/aromatic N) is 4. The molecule has 0 spiro atoms. The topological polar surface area (TPSA) is 92.3 Å². The maximum Gasteiger partial charge on any atom is 0.255 e. The van der Waals surface area contributed by atoms with E-state index in [1.807, 2.05) is 26.0 Å². The Morgan fingerprint density at radius 2 is 2.06 bits per heavy atom. The van der Waals surface area contributed by atoms with E-state index in [1.165, 1.54) is 0 Å². The van der Waals surface area contributed by atoms with E-state index in [9.17, 15) is 4.79 Å². The second-order valence-electron chi connectivity index (χ2n) is 9.80. The number of aromatic nitrogens is 3. The molecule has 4 heterocycles. The molecule has 8 heteroatoms. The minimum atomic E-state index is -0.213. The van der Waals surface area contributed by atoms with Crippen molar-refractivity contribution in [3.63, 3.8) is 0 Å². The highest BCUT2D eigenvalue weighted by molar-refractivity contribution is 6.08. The lowest BCUT2D eigenvalue weighted by atomic mass is 10.0. The van der Waals surface area contributed by atoms with Gasteiger partial charge in [0.25, 0.3) is 5.91 Å². The van der Waals surface area contributed by atoms with E-state index in [2.05, 4.69) is 33.5 Å². The molecular formula is C27H34N6O2. The molecule has 8 nitrogen and oxygen atoms in total. The molecule has 3 aromatic heterocycles. The summed E-state index contributed by atoms with van der Waals surface area (Å²) < 4.78 is 5.26. The minimum Gasteiger partial charge on any atom is -0.481 e. The first-order valence-corrected chi connectivity index (χ1v) is 12.5. The summed E-state index contributed by atoms with van der Waals surface area (Å²) in [5.74, 6) is 0.869. The van der Waals surface area contributed by atoms with Crippen molar-refractivity contribution in [2.75, 3.05) is 31.6 Å². The van der Waals surface area contributed by atoms with Crippen molar-refractivity contribution in [2.45, 2.75) is 58.0 Å². The van der Waals surface area contributed by atoms with Gasteiger partial charge >= 0.3 is 0 Å². The van der Waals surface area contributed by atoms with Gasteiger partial charge in [-0.3, -0.25) is 14.8 Å². The molecule has 0 aromatic carbocycles. The summed E-state index contributed by atoms with van der Waals surface area (Å²) in [4.78, 5) is 29.9. The molecule has 2 aliphatic rings. The van der Waals surface area contributed by atoms with Gasteiger partial charge in [0.15, 0.2) is 0 Å². The normalized spacial score (nSPS) is 19.3. The highest BCUT2D eigenvalue weighted by atomic mass is 16.5. The molecule has 1 aliphatic heterocycles. The minimum absolute atomic E-state index is 0.134. The Kier molecular flexibility index (Phi) is 6.56. The van der Waals surface area contributed by atoms with Crippen molar-refractivity contribution in [3.05, 3.63) is 53.1 Å². The average Bonchev–Trinajstić information content (AvgIpc) is 3.71. The smallest absolute Gasteiger partial charge is 0.255 e. The maximum atomic E-state index is 13.7. The number of hydrogen-bond donors (Lipinski definition) is 2. The quantitative estimate of drug-likeness (QED) is 0.560. The number of nitrogens with one attached hydrogen (secondary N) is 2. The van der Waals surface area contributed by atoms with Crippen molar-refractivity contribution in [1.82, 2.24) is 25.6 Å². The molecule has 1 saturated carbocycles. The fourth-order valence-corrected chi connectivity index (χ4v) is 4.89. The summed E-state index contributed by atoms with van der Waals surface area (Å²) in [6, 6.07) is 6.07. The number of carbonyl (C=O) groups excluding carboxylic acids is 1. The zero-order valence-electron chi connectivity index (χ0n) is 21.0. The van der Waals surface area contributed by atoms with Crippen LogP contribution in [0, 0.1) is 6.92 Å². The predicted molar refractivity (Wildman–Crippen MR) is 137 cm³/mol. The van der Waals surface area contributed by atoms with Crippen LogP contribution in [-0.4, -0.2) is 53.6 Å². The van der Waals surface area contributed by atoms with Crippen LogP contribution in [0.3, 0.4) is 0 Å². The van der Waals surface area contributed by atoms with Crippen molar-refractivity contribution >= 4 is 22.5 Å². The third-order valence-electron chi connectivity index (χ3n) is 7.03. The maximum absolute atomic E-state index is 13.7. The Hall–Kier alpha value is -3.26. The van der Waals surface area contributed by atoms with Gasteiger partial charge in [-0.1, -0.05) is 0 Å². The Morgan fingerprint density at radius 1 is 1.23 bits per heavy atom. The SMILES string of the molecule is COc1cc([C@H](C)NC(=O)c2cnc3c(C4CC4)nc(C)cc3c2N2CCN[C@@H](C)CC2)ccn1. The first-order valence-electron chi connectivity index (χ1n) is 12.5. The summed E-state index contributed by atoms with van der Waals surface area (Å²) in [6.45, 7) is 8.81. The summed E-state index contributed by atoms with van der Waals surface area (Å²) in [6.07, 6.45) is 6.77. The van der Waals surface area contributed by atoms with Crippen LogP contribution >= 0.6 is 0 Å². The fourth-order valence-electron chi connectivity index (χ4n) is 4.89. The van der Waals surface area contributed by atoms with E-state index < -0.39 is 0 Å². The van der Waals surface area contributed by atoms with Crippen LogP contribution < -0.4 is 20.3 Å². The predicted octanol–water partition coefficient (Wildman–Crippen LogP) is 3.90. The summed E-state index contributed by atoms with van der Waals surface area (Å²) in [5.41, 5.74) is 5.49. The number of hydrogen-bond acceptors (Lipinski definition) is 7. The fraction of sp³-hybridized carbons (Fsp3) is 0.481. The number of pyridine rings is 3. The molecule has 184 valence electrons. The largest absolute Gasteiger partial charge is 0.481 e. The number of ether oxygens (including phenoxy) is 1. The van der Waals surface area contributed by atoms with Crippen LogP contribution in [0.25, 0.3) is 10.9 Å². The number of methoxy groups -OCH3 is 1. The van der Waals surface area contributed by atoms with E-state index in [0.717, 1.165) is 72.4 Å². The van der Waals surface area contributed by atoms with Crippen LogP contribution in [-0.2, 0) is 0 Å². The molecule has 2 fully saturated rings. The Labute approximate surface area is 206 Å². The standard InChI is InChI=1S/C27H34N6O2/c1-16-8-11-33(12-10-28-16)26-21-13-17(2)31-24(19-5-6-19)25(21)30-15-22(26)27(34)32-18(3)20-7-9-29-23(14-20)35-4/h7,9,13-16,18-19,28H,5-6,8,10-12H2,1-4H3,(H,32,34)/t16-,18-/m0/s1. The molecule has 0 bridgehead atoms. The van der Waals surface area contributed by atoms with Crippen molar-refractivity contribution < 1.29 is 9.53 Å². The molecule has 3 aromatic rings. The zero-order valence-corrected chi connectivity index (χ0v) is 21.0. The highest BCUT2D eigenvalue weighted by Gasteiger charge is 2.30. The van der Waals surface area contributed by atoms with E-state index in [4.69, 9.17) is 14.7 Å². The Morgan fingerprint density at radius 3 is 2.83 bits per heavy atom. The van der Waals surface area contributed by atoms with E-state index in [-0.39, 0.29) is 11.9 Å². The Balaban J connectivity index is 1.56. The molecule has 0 unspecified atom stereocenters. The number of anilines is 1. The summed E-state index contributed by atoms with van der Waals surface area (Å²) >= 11 is 0. The molecule has 1 saturated heterocycles. The van der Waals surface area contributed by atoms with Crippen molar-refractivity contribution in [3.8, 4) is 5.88 Å². The molecule has 0 radical (unpaired) electrons. The lowest BCUT2D eigenvalue weighted by Crippen LogP contribution is -2.33. The number of rotatable bonds is 6. The van der Waals surface area contributed by atoms with Crippen LogP contribution in [0.15, 0.2) is 30.6 Å². The van der Waals surface area contributed by atoms with Gasteiger partial charge in [0.2, 0.25) is 5.88 Å². The second-order valence-corrected chi connectivity index (χ2v) is 9.80. The van der Waals surface area contributed by atoms with Gasteiger partial charge in [0.1, 0.15) is 0 Å². The van der Waals surface area contributed by atoms with Gasteiger partial charge in [-0.15, -0.1) is 0 Å². The van der Waals surface area contributed by atoms with E-state index in [0.29, 0.717) is 23.4 Å². The number of fused-ring (bicyclic) bond motifs is 1. The van der Waals surface area contributed by atoms with Crippen LogP contribution in [0.2, 0.25) is 0 Å². The zero-order chi connectivity index (χ0) is 24.5. The van der Waals surface area contributed by atoms with Crippen molar-refractivity contribution in [1.29, 1.82) is 0 Å². The molecule has 1 aliphatic carbocycles. The van der Waals surface area contributed by atoms with Gasteiger partial charge in [0, 0.05) is 61.1 Å². The molecule has 2 atom stereocenters. The van der Waals surface area contributed by atoms with Gasteiger partial charge < -0.3 is 20.3 Å². The van der Waals surface area contributed by atoms with Gasteiger partial charge in [-0.2, -0.15) is 0 Å². The third-order valence-corrected chi connectivity index (χ3v) is 7.03. The average molecular weight is 475 g/mol. The Bertz CT molecular complexity index is 1240. The first-order chi connectivity index (χ1) is 16.9. The summed E-state index contributed by atoms with van der Waals surface area (Å²) in [5, 5.41) is 7.77. The molecule has 35 heavy (non-hydrogen) atoms.